The number of anilines is 1. The summed E-state index contributed by atoms with van der Waals surface area (Å²) in [6.07, 6.45) is 0. The summed E-state index contributed by atoms with van der Waals surface area (Å²) >= 11 is 0. The summed E-state index contributed by atoms with van der Waals surface area (Å²) in [5, 5.41) is 10.7. The lowest BCUT2D eigenvalue weighted by Gasteiger charge is -2.11. The van der Waals surface area contributed by atoms with Crippen molar-refractivity contribution in [3.05, 3.63) is 28.3 Å². The van der Waals surface area contributed by atoms with Crippen molar-refractivity contribution < 1.29 is 13.3 Å². The highest BCUT2D eigenvalue weighted by molar-refractivity contribution is 7.89. The zero-order valence-electron chi connectivity index (χ0n) is 8.75. The maximum Gasteiger partial charge on any atom is 0.291 e. The van der Waals surface area contributed by atoms with Gasteiger partial charge in [0.05, 0.1) is 4.92 Å². The van der Waals surface area contributed by atoms with Crippen LogP contribution in [0.2, 0.25) is 0 Å². The molecule has 88 valence electrons. The molecule has 0 aliphatic carbocycles. The van der Waals surface area contributed by atoms with E-state index >= 15 is 0 Å². The molecule has 0 aliphatic rings. The van der Waals surface area contributed by atoms with Gasteiger partial charge in [0.1, 0.15) is 0 Å². The molecule has 2 N–H and O–H groups in total. The average Bonchev–Trinajstić information content (AvgIpc) is 2.16. The molecule has 0 aromatic heterocycles. The normalized spacial score (nSPS) is 11.7. The third-order valence-corrected chi connectivity index (χ3v) is 3.80. The highest BCUT2D eigenvalue weighted by atomic mass is 32.2. The predicted molar refractivity (Wildman–Crippen MR) is 58.4 cm³/mol. The van der Waals surface area contributed by atoms with Crippen molar-refractivity contribution in [2.75, 3.05) is 19.8 Å². The van der Waals surface area contributed by atoms with Crippen LogP contribution in [-0.4, -0.2) is 31.7 Å². The fourth-order valence-electron chi connectivity index (χ4n) is 1.09. The van der Waals surface area contributed by atoms with Gasteiger partial charge in [-0.3, -0.25) is 10.1 Å². The Labute approximate surface area is 92.7 Å². The molecule has 0 amide bonds. The van der Waals surface area contributed by atoms with Crippen LogP contribution in [0.3, 0.4) is 0 Å². The highest BCUT2D eigenvalue weighted by Crippen LogP contribution is 2.27. The summed E-state index contributed by atoms with van der Waals surface area (Å²) < 4.78 is 24.4. The van der Waals surface area contributed by atoms with Crippen LogP contribution in [-0.2, 0) is 10.0 Å². The van der Waals surface area contributed by atoms with E-state index < -0.39 is 20.6 Å². The van der Waals surface area contributed by atoms with Crippen LogP contribution in [0.25, 0.3) is 0 Å². The second-order valence-electron chi connectivity index (χ2n) is 3.27. The van der Waals surface area contributed by atoms with Gasteiger partial charge in [0.15, 0.2) is 4.90 Å². The van der Waals surface area contributed by atoms with Crippen molar-refractivity contribution >= 4 is 21.4 Å². The monoisotopic (exact) mass is 245 g/mol. The molecular weight excluding hydrogens is 234 g/mol. The first-order valence-corrected chi connectivity index (χ1v) is 5.67. The quantitative estimate of drug-likeness (QED) is 0.472. The minimum absolute atomic E-state index is 0.143. The number of nitrogen functional groups attached to an aromatic ring is 1. The molecule has 1 rings (SSSR count). The Morgan fingerprint density at radius 3 is 2.38 bits per heavy atom. The number of nitrogens with zero attached hydrogens (tertiary/aromatic N) is 2. The molecule has 0 radical (unpaired) electrons. The first kappa shape index (κ1) is 12.4. The SMILES string of the molecule is CN(C)S(=O)(=O)c1ccc(N)cc1[N+](=O)[O-]. The molecule has 0 atom stereocenters. The van der Waals surface area contributed by atoms with Gasteiger partial charge in [-0.25, -0.2) is 12.7 Å². The number of nitro groups is 1. The maximum absolute atomic E-state index is 11.7. The van der Waals surface area contributed by atoms with Gasteiger partial charge in [-0.2, -0.15) is 0 Å². The summed E-state index contributed by atoms with van der Waals surface area (Å²) in [6.45, 7) is 0. The van der Waals surface area contributed by atoms with Gasteiger partial charge in [0.2, 0.25) is 10.0 Å². The topological polar surface area (TPSA) is 107 Å². The summed E-state index contributed by atoms with van der Waals surface area (Å²) in [5.74, 6) is 0. The van der Waals surface area contributed by atoms with Gasteiger partial charge < -0.3 is 5.73 Å². The third kappa shape index (κ3) is 2.12. The van der Waals surface area contributed by atoms with Crippen molar-refractivity contribution in [3.63, 3.8) is 0 Å². The van der Waals surface area contributed by atoms with Gasteiger partial charge in [0.25, 0.3) is 5.69 Å². The van der Waals surface area contributed by atoms with Gasteiger partial charge in [0, 0.05) is 25.8 Å². The standard InChI is InChI=1S/C8H11N3O4S/c1-10(2)16(14,15)8-4-3-6(9)5-7(8)11(12)13/h3-5H,9H2,1-2H3. The number of nitrogens with two attached hydrogens (primary N) is 1. The van der Waals surface area contributed by atoms with Crippen molar-refractivity contribution in [1.29, 1.82) is 0 Å². The number of nitro benzene ring substituents is 1. The summed E-state index contributed by atoms with van der Waals surface area (Å²) in [4.78, 5) is 9.58. The Morgan fingerprint density at radius 1 is 1.38 bits per heavy atom. The summed E-state index contributed by atoms with van der Waals surface area (Å²) in [6, 6.07) is 3.46. The molecule has 0 spiro atoms. The van der Waals surface area contributed by atoms with E-state index in [4.69, 9.17) is 5.73 Å². The predicted octanol–water partition coefficient (Wildman–Crippen LogP) is 0.427. The van der Waals surface area contributed by atoms with Crippen molar-refractivity contribution in [3.8, 4) is 0 Å². The Balaban J connectivity index is 3.52. The van der Waals surface area contributed by atoms with Crippen molar-refractivity contribution in [2.24, 2.45) is 0 Å². The van der Waals surface area contributed by atoms with E-state index in [0.29, 0.717) is 0 Å². The Morgan fingerprint density at radius 2 is 1.94 bits per heavy atom. The number of benzene rings is 1. The molecule has 0 aliphatic heterocycles. The van der Waals surface area contributed by atoms with Crippen molar-refractivity contribution in [1.82, 2.24) is 4.31 Å². The number of sulfonamides is 1. The van der Waals surface area contributed by atoms with E-state index in [2.05, 4.69) is 0 Å². The van der Waals surface area contributed by atoms with E-state index in [1.165, 1.54) is 20.2 Å². The highest BCUT2D eigenvalue weighted by Gasteiger charge is 2.27. The lowest BCUT2D eigenvalue weighted by atomic mass is 10.3. The lowest BCUT2D eigenvalue weighted by Crippen LogP contribution is -2.23. The maximum atomic E-state index is 11.7. The molecule has 1 aromatic carbocycles. The smallest absolute Gasteiger partial charge is 0.291 e. The van der Waals surface area contributed by atoms with Crippen LogP contribution in [0.15, 0.2) is 23.1 Å². The fraction of sp³-hybridized carbons (Fsp3) is 0.250. The Bertz CT molecular complexity index is 524. The second-order valence-corrected chi connectivity index (χ2v) is 5.39. The van der Waals surface area contributed by atoms with E-state index in [1.54, 1.807) is 0 Å². The molecular formula is C8H11N3O4S. The van der Waals surface area contributed by atoms with Crippen LogP contribution in [0.5, 0.6) is 0 Å². The van der Waals surface area contributed by atoms with Gasteiger partial charge in [-0.05, 0) is 12.1 Å². The van der Waals surface area contributed by atoms with E-state index in [1.807, 2.05) is 0 Å². The molecule has 0 fully saturated rings. The van der Waals surface area contributed by atoms with Gasteiger partial charge in [-0.1, -0.05) is 0 Å². The van der Waals surface area contributed by atoms with Crippen molar-refractivity contribution in [2.45, 2.75) is 4.90 Å². The minimum Gasteiger partial charge on any atom is -0.399 e. The van der Waals surface area contributed by atoms with Crippen LogP contribution in [0, 0.1) is 10.1 Å². The first-order chi connectivity index (χ1) is 7.26. The van der Waals surface area contributed by atoms with Gasteiger partial charge in [-0.15, -0.1) is 0 Å². The molecule has 0 heterocycles. The number of hydrogen-bond acceptors (Lipinski definition) is 5. The number of hydrogen-bond donors (Lipinski definition) is 1. The van der Waals surface area contributed by atoms with E-state index in [-0.39, 0.29) is 10.6 Å². The van der Waals surface area contributed by atoms with Crippen LogP contribution < -0.4 is 5.73 Å². The molecule has 1 aromatic rings. The molecule has 0 saturated heterocycles. The molecule has 16 heavy (non-hydrogen) atoms. The largest absolute Gasteiger partial charge is 0.399 e. The fourth-order valence-corrected chi connectivity index (χ4v) is 2.12. The molecule has 8 heteroatoms. The molecule has 0 saturated carbocycles. The zero-order chi connectivity index (χ0) is 12.5. The molecule has 7 nitrogen and oxygen atoms in total. The lowest BCUT2D eigenvalue weighted by molar-refractivity contribution is -0.387. The van der Waals surface area contributed by atoms with Crippen LogP contribution in [0.4, 0.5) is 11.4 Å². The van der Waals surface area contributed by atoms with Crippen LogP contribution >= 0.6 is 0 Å². The first-order valence-electron chi connectivity index (χ1n) is 4.23. The minimum atomic E-state index is -3.83. The summed E-state index contributed by atoms with van der Waals surface area (Å²) in [7, 11) is -1.23. The second kappa shape index (κ2) is 4.06. The number of rotatable bonds is 3. The van der Waals surface area contributed by atoms with Crippen LogP contribution in [0.1, 0.15) is 0 Å². The molecule has 0 bridgehead atoms. The Kier molecular flexibility index (Phi) is 3.15. The summed E-state index contributed by atoms with van der Waals surface area (Å²) in [5.41, 5.74) is 5.00. The zero-order valence-corrected chi connectivity index (χ0v) is 9.56. The average molecular weight is 245 g/mol. The molecule has 0 unspecified atom stereocenters. The van der Waals surface area contributed by atoms with E-state index in [9.17, 15) is 18.5 Å². The Hall–Kier alpha value is -1.67. The third-order valence-electron chi connectivity index (χ3n) is 1.94. The van der Waals surface area contributed by atoms with E-state index in [0.717, 1.165) is 16.4 Å². The van der Waals surface area contributed by atoms with Gasteiger partial charge >= 0.3 is 0 Å².